The fourth-order valence-corrected chi connectivity index (χ4v) is 2.36. The van der Waals surface area contributed by atoms with Crippen LogP contribution in [0, 0.1) is 0 Å². The van der Waals surface area contributed by atoms with Crippen molar-refractivity contribution in [2.75, 3.05) is 7.11 Å². The molecule has 20 heavy (non-hydrogen) atoms. The highest BCUT2D eigenvalue weighted by Gasteiger charge is 2.11. The van der Waals surface area contributed by atoms with E-state index < -0.39 is 0 Å². The normalized spacial score (nSPS) is 10.2. The third kappa shape index (κ3) is 3.42. The Hall–Kier alpha value is -1.30. The Balaban J connectivity index is 2.37. The van der Waals surface area contributed by atoms with Gasteiger partial charge in [0, 0.05) is 5.02 Å². The summed E-state index contributed by atoms with van der Waals surface area (Å²) in [6.45, 7) is 0. The molecule has 6 heteroatoms. The fraction of sp³-hybridized carbons (Fsp3) is 0.0714. The molecular formula is C14H11BrClNO2S. The van der Waals surface area contributed by atoms with E-state index in [0.29, 0.717) is 22.1 Å². The molecule has 0 fully saturated rings. The molecule has 0 saturated heterocycles. The van der Waals surface area contributed by atoms with E-state index >= 15 is 0 Å². The van der Waals surface area contributed by atoms with Crippen molar-refractivity contribution in [3.05, 3.63) is 51.5 Å². The maximum absolute atomic E-state index is 5.94. The first kappa shape index (κ1) is 15.1. The average molecular weight is 373 g/mol. The van der Waals surface area contributed by atoms with Crippen molar-refractivity contribution in [2.45, 2.75) is 0 Å². The van der Waals surface area contributed by atoms with Crippen LogP contribution in [0.2, 0.25) is 5.02 Å². The van der Waals surface area contributed by atoms with Crippen molar-refractivity contribution in [3.63, 3.8) is 0 Å². The van der Waals surface area contributed by atoms with Crippen LogP contribution in [-0.2, 0) is 0 Å². The summed E-state index contributed by atoms with van der Waals surface area (Å²) >= 11 is 14.4. The van der Waals surface area contributed by atoms with Crippen molar-refractivity contribution in [2.24, 2.45) is 5.73 Å². The molecule has 0 radical (unpaired) electrons. The standard InChI is InChI=1S/C14H11BrClNO2S/c1-18-9-3-5-13(11(15)7-9)19-12-4-2-8(16)6-10(12)14(17)20/h2-7H,1H3,(H2,17,20). The molecule has 0 aliphatic carbocycles. The number of methoxy groups -OCH3 is 1. The summed E-state index contributed by atoms with van der Waals surface area (Å²) in [5.74, 6) is 1.91. The zero-order valence-corrected chi connectivity index (χ0v) is 13.7. The lowest BCUT2D eigenvalue weighted by atomic mass is 10.2. The summed E-state index contributed by atoms with van der Waals surface area (Å²) in [7, 11) is 1.60. The van der Waals surface area contributed by atoms with Crippen molar-refractivity contribution in [3.8, 4) is 17.2 Å². The maximum atomic E-state index is 5.94. The smallest absolute Gasteiger partial charge is 0.141 e. The number of benzene rings is 2. The molecular weight excluding hydrogens is 362 g/mol. The van der Waals surface area contributed by atoms with E-state index in [2.05, 4.69) is 15.9 Å². The Bertz CT molecular complexity index is 664. The predicted octanol–water partition coefficient (Wildman–Crippen LogP) is 4.54. The summed E-state index contributed by atoms with van der Waals surface area (Å²) in [4.78, 5) is 0.229. The zero-order chi connectivity index (χ0) is 14.7. The summed E-state index contributed by atoms with van der Waals surface area (Å²) in [5.41, 5.74) is 6.27. The summed E-state index contributed by atoms with van der Waals surface area (Å²) in [5, 5.41) is 0.550. The van der Waals surface area contributed by atoms with Gasteiger partial charge in [0.15, 0.2) is 0 Å². The molecule has 2 aromatic carbocycles. The van der Waals surface area contributed by atoms with Crippen LogP contribution in [0.4, 0.5) is 0 Å². The van der Waals surface area contributed by atoms with Gasteiger partial charge >= 0.3 is 0 Å². The first-order chi connectivity index (χ1) is 9.51. The van der Waals surface area contributed by atoms with Crippen molar-refractivity contribution in [1.29, 1.82) is 0 Å². The zero-order valence-electron chi connectivity index (χ0n) is 10.5. The van der Waals surface area contributed by atoms with E-state index in [4.69, 9.17) is 39.0 Å². The van der Waals surface area contributed by atoms with E-state index in [1.165, 1.54) is 0 Å². The topological polar surface area (TPSA) is 44.5 Å². The van der Waals surface area contributed by atoms with Gasteiger partial charge in [0.1, 0.15) is 22.2 Å². The highest BCUT2D eigenvalue weighted by Crippen LogP contribution is 2.34. The first-order valence-electron chi connectivity index (χ1n) is 5.62. The Morgan fingerprint density at radius 1 is 1.20 bits per heavy atom. The first-order valence-corrected chi connectivity index (χ1v) is 7.20. The van der Waals surface area contributed by atoms with Crippen molar-refractivity contribution < 1.29 is 9.47 Å². The number of ether oxygens (including phenoxy) is 2. The van der Waals surface area contributed by atoms with Gasteiger partial charge in [0.25, 0.3) is 0 Å². The third-order valence-corrected chi connectivity index (χ3v) is 3.64. The van der Waals surface area contributed by atoms with E-state index in [9.17, 15) is 0 Å². The molecule has 0 saturated carbocycles. The molecule has 0 aliphatic rings. The molecule has 0 bridgehead atoms. The molecule has 0 heterocycles. The Morgan fingerprint density at radius 2 is 1.90 bits per heavy atom. The quantitative estimate of drug-likeness (QED) is 0.800. The monoisotopic (exact) mass is 371 g/mol. The van der Waals surface area contributed by atoms with Gasteiger partial charge < -0.3 is 15.2 Å². The Morgan fingerprint density at radius 3 is 2.50 bits per heavy atom. The molecule has 104 valence electrons. The van der Waals surface area contributed by atoms with Crippen molar-refractivity contribution in [1.82, 2.24) is 0 Å². The molecule has 2 N–H and O–H groups in total. The minimum absolute atomic E-state index is 0.229. The van der Waals surface area contributed by atoms with Crippen LogP contribution in [0.5, 0.6) is 17.2 Å². The summed E-state index contributed by atoms with van der Waals surface area (Å²) < 4.78 is 11.7. The second kappa shape index (κ2) is 6.43. The van der Waals surface area contributed by atoms with Crippen LogP contribution < -0.4 is 15.2 Å². The lowest BCUT2D eigenvalue weighted by Gasteiger charge is -2.12. The second-order valence-corrected chi connectivity index (χ2v) is 5.63. The summed E-state index contributed by atoms with van der Waals surface area (Å²) in [6, 6.07) is 10.5. The third-order valence-electron chi connectivity index (χ3n) is 2.57. The lowest BCUT2D eigenvalue weighted by Crippen LogP contribution is -2.10. The largest absolute Gasteiger partial charge is 0.497 e. The number of hydrogen-bond donors (Lipinski definition) is 1. The Kier molecular flexibility index (Phi) is 4.86. The van der Waals surface area contributed by atoms with Gasteiger partial charge in [-0.1, -0.05) is 23.8 Å². The molecule has 0 atom stereocenters. The van der Waals surface area contributed by atoms with Gasteiger partial charge in [-0.15, -0.1) is 0 Å². The van der Waals surface area contributed by atoms with E-state index in [1.54, 1.807) is 37.4 Å². The highest BCUT2D eigenvalue weighted by molar-refractivity contribution is 9.10. The molecule has 2 aromatic rings. The predicted molar refractivity (Wildman–Crippen MR) is 88.1 cm³/mol. The molecule has 0 aliphatic heterocycles. The van der Waals surface area contributed by atoms with Crippen LogP contribution >= 0.6 is 39.7 Å². The fourth-order valence-electron chi connectivity index (χ4n) is 1.59. The van der Waals surface area contributed by atoms with Crippen LogP contribution in [0.1, 0.15) is 5.56 Å². The van der Waals surface area contributed by atoms with Crippen LogP contribution in [-0.4, -0.2) is 12.1 Å². The van der Waals surface area contributed by atoms with Crippen LogP contribution in [0.3, 0.4) is 0 Å². The number of halogens is 2. The van der Waals surface area contributed by atoms with Gasteiger partial charge in [0.05, 0.1) is 17.1 Å². The Labute approximate surface area is 135 Å². The van der Waals surface area contributed by atoms with Gasteiger partial charge in [-0.2, -0.15) is 0 Å². The number of rotatable bonds is 4. The molecule has 0 aromatic heterocycles. The van der Waals surface area contributed by atoms with Gasteiger partial charge in [-0.25, -0.2) is 0 Å². The molecule has 2 rings (SSSR count). The highest BCUT2D eigenvalue weighted by atomic mass is 79.9. The van der Waals surface area contributed by atoms with Crippen molar-refractivity contribution >= 4 is 44.7 Å². The molecule has 0 unspecified atom stereocenters. The minimum atomic E-state index is 0.229. The second-order valence-electron chi connectivity index (χ2n) is 3.90. The van der Waals surface area contributed by atoms with E-state index in [0.717, 1.165) is 10.2 Å². The molecule has 0 spiro atoms. The molecule has 0 amide bonds. The lowest BCUT2D eigenvalue weighted by molar-refractivity contribution is 0.412. The van der Waals surface area contributed by atoms with Gasteiger partial charge in [0.2, 0.25) is 0 Å². The van der Waals surface area contributed by atoms with Crippen LogP contribution in [0.15, 0.2) is 40.9 Å². The summed E-state index contributed by atoms with van der Waals surface area (Å²) in [6.07, 6.45) is 0. The van der Waals surface area contributed by atoms with Crippen LogP contribution in [0.25, 0.3) is 0 Å². The number of hydrogen-bond acceptors (Lipinski definition) is 3. The van der Waals surface area contributed by atoms with Gasteiger partial charge in [-0.3, -0.25) is 0 Å². The number of thiocarbonyl (C=S) groups is 1. The van der Waals surface area contributed by atoms with Gasteiger partial charge in [-0.05, 0) is 52.3 Å². The number of nitrogens with two attached hydrogens (primary N) is 1. The SMILES string of the molecule is COc1ccc(Oc2ccc(Cl)cc2C(N)=S)c(Br)c1. The minimum Gasteiger partial charge on any atom is -0.497 e. The maximum Gasteiger partial charge on any atom is 0.141 e. The average Bonchev–Trinajstić information content (AvgIpc) is 2.42. The molecule has 3 nitrogen and oxygen atoms in total. The van der Waals surface area contributed by atoms with E-state index in [1.807, 2.05) is 6.07 Å². The van der Waals surface area contributed by atoms with E-state index in [-0.39, 0.29) is 4.99 Å².